The molecule has 0 aromatic heterocycles. The Labute approximate surface area is 220 Å². The van der Waals surface area contributed by atoms with Crippen LogP contribution in [0.2, 0.25) is 0 Å². The quantitative estimate of drug-likeness (QED) is 0.249. The SMILES string of the molecule is O=C(CC1=N[C@@H]2NN(c3ccccc3)C(=O)C2=C1CC(=O)c1ccc([N+](=O)[O-])cc1)c1ccc([N+](=O)[O-])cc1. The van der Waals surface area contributed by atoms with E-state index in [1.807, 2.05) is 0 Å². The third kappa shape index (κ3) is 4.95. The molecule has 1 saturated heterocycles. The molecule has 194 valence electrons. The van der Waals surface area contributed by atoms with Crippen LogP contribution in [0.1, 0.15) is 33.6 Å². The lowest BCUT2D eigenvalue weighted by Crippen LogP contribution is -2.37. The van der Waals surface area contributed by atoms with Gasteiger partial charge in [-0.3, -0.25) is 39.6 Å². The number of ketones is 2. The Morgan fingerprint density at radius 3 is 1.82 bits per heavy atom. The first-order valence-electron chi connectivity index (χ1n) is 11.7. The minimum absolute atomic E-state index is 0.161. The maximum Gasteiger partial charge on any atom is 0.272 e. The minimum atomic E-state index is -0.808. The molecule has 0 saturated carbocycles. The summed E-state index contributed by atoms with van der Waals surface area (Å²) in [5.41, 5.74) is 4.47. The number of nitrogens with zero attached hydrogens (tertiary/aromatic N) is 4. The molecule has 0 radical (unpaired) electrons. The third-order valence-electron chi connectivity index (χ3n) is 6.40. The fourth-order valence-electron chi connectivity index (χ4n) is 4.43. The molecule has 1 atom stereocenters. The molecule has 12 heteroatoms. The number of nitro benzene ring substituents is 2. The van der Waals surface area contributed by atoms with Crippen LogP contribution in [-0.2, 0) is 4.79 Å². The van der Waals surface area contributed by atoms with E-state index in [2.05, 4.69) is 10.4 Å². The van der Waals surface area contributed by atoms with Crippen LogP contribution in [0.4, 0.5) is 17.1 Å². The number of allylic oxidation sites excluding steroid dienone is 1. The van der Waals surface area contributed by atoms with E-state index in [0.717, 1.165) is 0 Å². The molecule has 1 fully saturated rings. The molecule has 0 aliphatic carbocycles. The van der Waals surface area contributed by atoms with E-state index in [4.69, 9.17) is 0 Å². The number of aliphatic imine (C=N–C) groups is 1. The van der Waals surface area contributed by atoms with Gasteiger partial charge in [0.1, 0.15) is 6.17 Å². The van der Waals surface area contributed by atoms with Gasteiger partial charge in [0.25, 0.3) is 17.3 Å². The molecule has 3 aromatic rings. The second-order valence-corrected chi connectivity index (χ2v) is 8.78. The van der Waals surface area contributed by atoms with Gasteiger partial charge in [0.2, 0.25) is 0 Å². The summed E-state index contributed by atoms with van der Waals surface area (Å²) in [6.45, 7) is 0. The maximum atomic E-state index is 13.4. The first-order valence-corrected chi connectivity index (χ1v) is 11.7. The lowest BCUT2D eigenvalue weighted by molar-refractivity contribution is -0.385. The highest BCUT2D eigenvalue weighted by Crippen LogP contribution is 2.34. The second-order valence-electron chi connectivity index (χ2n) is 8.78. The number of carbonyl (C=O) groups is 3. The maximum absolute atomic E-state index is 13.4. The number of hydrogen-bond donors (Lipinski definition) is 1. The number of hydrazine groups is 1. The van der Waals surface area contributed by atoms with Gasteiger partial charge in [0.15, 0.2) is 11.6 Å². The number of Topliss-reactive ketones (excluding diaryl/α,β-unsaturated/α-hetero) is 2. The summed E-state index contributed by atoms with van der Waals surface area (Å²) < 4.78 is 0. The number of non-ortho nitro benzene ring substituents is 2. The molecule has 1 N–H and O–H groups in total. The summed E-state index contributed by atoms with van der Waals surface area (Å²) in [6.07, 6.45) is -1.30. The molecule has 1 amide bonds. The molecule has 2 aliphatic rings. The van der Waals surface area contributed by atoms with Gasteiger partial charge in [-0.2, -0.15) is 5.43 Å². The number of rotatable bonds is 9. The van der Waals surface area contributed by atoms with E-state index in [0.29, 0.717) is 11.3 Å². The van der Waals surface area contributed by atoms with Gasteiger partial charge in [-0.15, -0.1) is 0 Å². The van der Waals surface area contributed by atoms with Crippen molar-refractivity contribution < 1.29 is 24.2 Å². The molecule has 2 heterocycles. The lowest BCUT2D eigenvalue weighted by Gasteiger charge is -2.17. The molecule has 0 bridgehead atoms. The molecule has 2 aliphatic heterocycles. The number of para-hydroxylation sites is 1. The van der Waals surface area contributed by atoms with Crippen LogP contribution in [0.15, 0.2) is 95.0 Å². The highest BCUT2D eigenvalue weighted by atomic mass is 16.6. The summed E-state index contributed by atoms with van der Waals surface area (Å²) in [7, 11) is 0. The first-order chi connectivity index (χ1) is 18.7. The fraction of sp³-hybridized carbons (Fsp3) is 0.111. The first kappa shape index (κ1) is 25.3. The van der Waals surface area contributed by atoms with Crippen LogP contribution in [-0.4, -0.2) is 39.2 Å². The van der Waals surface area contributed by atoms with E-state index < -0.39 is 33.5 Å². The summed E-state index contributed by atoms with van der Waals surface area (Å²) in [4.78, 5) is 65.0. The van der Waals surface area contributed by atoms with Crippen LogP contribution in [0.25, 0.3) is 0 Å². The number of carbonyl (C=O) groups excluding carboxylic acids is 3. The molecular formula is C27H19N5O7. The number of nitro groups is 2. The zero-order valence-electron chi connectivity index (χ0n) is 20.1. The third-order valence-corrected chi connectivity index (χ3v) is 6.40. The summed E-state index contributed by atoms with van der Waals surface area (Å²) in [5, 5.41) is 23.2. The minimum Gasteiger partial charge on any atom is -0.294 e. The van der Waals surface area contributed by atoms with Crippen molar-refractivity contribution >= 4 is 40.2 Å². The molecule has 5 rings (SSSR count). The Morgan fingerprint density at radius 1 is 0.795 bits per heavy atom. The van der Waals surface area contributed by atoms with E-state index >= 15 is 0 Å². The van der Waals surface area contributed by atoms with Crippen molar-refractivity contribution in [1.29, 1.82) is 0 Å². The predicted octanol–water partition coefficient (Wildman–Crippen LogP) is 3.98. The molecule has 0 unspecified atom stereocenters. The van der Waals surface area contributed by atoms with Crippen LogP contribution in [0.5, 0.6) is 0 Å². The summed E-state index contributed by atoms with van der Waals surface area (Å²) in [5.74, 6) is -1.22. The number of benzene rings is 3. The molecular weight excluding hydrogens is 506 g/mol. The number of amides is 1. The largest absolute Gasteiger partial charge is 0.294 e. The molecule has 0 spiro atoms. The van der Waals surface area contributed by atoms with Gasteiger partial charge in [0.05, 0.1) is 27.5 Å². The highest BCUT2D eigenvalue weighted by molar-refractivity contribution is 6.24. The van der Waals surface area contributed by atoms with Crippen molar-refractivity contribution in [3.8, 4) is 0 Å². The predicted molar refractivity (Wildman–Crippen MR) is 139 cm³/mol. The van der Waals surface area contributed by atoms with Gasteiger partial charge in [-0.25, -0.2) is 5.01 Å². The molecule has 3 aromatic carbocycles. The van der Waals surface area contributed by atoms with Crippen LogP contribution >= 0.6 is 0 Å². The summed E-state index contributed by atoms with van der Waals surface area (Å²) in [6, 6.07) is 19.0. The van der Waals surface area contributed by atoms with Gasteiger partial charge in [-0.1, -0.05) is 18.2 Å². The zero-order chi connectivity index (χ0) is 27.7. The van der Waals surface area contributed by atoms with Crippen LogP contribution < -0.4 is 10.4 Å². The molecule has 12 nitrogen and oxygen atoms in total. The van der Waals surface area contributed by atoms with Gasteiger partial charge in [-0.05, 0) is 42.0 Å². The van der Waals surface area contributed by atoms with Gasteiger partial charge < -0.3 is 0 Å². The summed E-state index contributed by atoms with van der Waals surface area (Å²) >= 11 is 0. The Hall–Kier alpha value is -5.36. The van der Waals surface area contributed by atoms with Crippen molar-refractivity contribution in [1.82, 2.24) is 5.43 Å². The van der Waals surface area contributed by atoms with Gasteiger partial charge in [0, 0.05) is 47.5 Å². The van der Waals surface area contributed by atoms with E-state index in [1.54, 1.807) is 30.3 Å². The average molecular weight is 525 g/mol. The smallest absolute Gasteiger partial charge is 0.272 e. The van der Waals surface area contributed by atoms with E-state index in [9.17, 15) is 34.6 Å². The standard InChI is InChI=1S/C27H19N5O7/c33-23(16-6-10-19(11-7-16)31(36)37)14-21-22(15-24(34)17-8-12-20(13-9-17)32(38)39)28-26-25(21)27(35)30(29-26)18-4-2-1-3-5-18/h1-13,26,29H,14-15H2/t26-/m1/s1. The normalized spacial score (nSPS) is 16.2. The average Bonchev–Trinajstić information content (AvgIpc) is 3.44. The lowest BCUT2D eigenvalue weighted by atomic mass is 9.93. The Kier molecular flexibility index (Phi) is 6.61. The molecule has 39 heavy (non-hydrogen) atoms. The second kappa shape index (κ2) is 10.2. The van der Waals surface area contributed by atoms with Crippen molar-refractivity contribution in [2.24, 2.45) is 4.99 Å². The van der Waals surface area contributed by atoms with Crippen LogP contribution in [0.3, 0.4) is 0 Å². The topological polar surface area (TPSA) is 165 Å². The van der Waals surface area contributed by atoms with E-state index in [-0.39, 0.29) is 46.6 Å². The van der Waals surface area contributed by atoms with Crippen molar-refractivity contribution in [2.75, 3.05) is 5.01 Å². The van der Waals surface area contributed by atoms with Gasteiger partial charge >= 0.3 is 0 Å². The van der Waals surface area contributed by atoms with Crippen LogP contribution in [0, 0.1) is 20.2 Å². The monoisotopic (exact) mass is 525 g/mol. The number of nitrogens with one attached hydrogen (secondary N) is 1. The van der Waals surface area contributed by atoms with Crippen molar-refractivity contribution in [3.05, 3.63) is 121 Å². The number of anilines is 1. The fourth-order valence-corrected chi connectivity index (χ4v) is 4.43. The Morgan fingerprint density at radius 2 is 1.31 bits per heavy atom. The number of fused-ring (bicyclic) bond motifs is 1. The van der Waals surface area contributed by atoms with Crippen molar-refractivity contribution in [2.45, 2.75) is 19.0 Å². The highest BCUT2D eigenvalue weighted by Gasteiger charge is 2.43. The van der Waals surface area contributed by atoms with Crippen molar-refractivity contribution in [3.63, 3.8) is 0 Å². The zero-order valence-corrected chi connectivity index (χ0v) is 20.1. The Balaban J connectivity index is 1.45. The number of hydrogen-bond acceptors (Lipinski definition) is 9. The Bertz CT molecular complexity index is 1580. The van der Waals surface area contributed by atoms with E-state index in [1.165, 1.54) is 53.5 Å².